The van der Waals surface area contributed by atoms with Gasteiger partial charge in [-0.25, -0.2) is 0 Å². The van der Waals surface area contributed by atoms with Crippen molar-refractivity contribution in [3.8, 4) is 0 Å². The number of nitrogens with zero attached hydrogens (tertiary/aromatic N) is 2. The van der Waals surface area contributed by atoms with Crippen LogP contribution in [0.3, 0.4) is 0 Å². The van der Waals surface area contributed by atoms with Crippen LogP contribution in [0, 0.1) is 0 Å². The molecule has 3 fully saturated rings. The van der Waals surface area contributed by atoms with E-state index in [0.717, 1.165) is 51.9 Å². The molecule has 3 saturated heterocycles. The number of nitrogens with one attached hydrogen (secondary N) is 1. The van der Waals surface area contributed by atoms with Gasteiger partial charge < -0.3 is 19.9 Å². The molecule has 3 heterocycles. The molecule has 3 aliphatic heterocycles. The summed E-state index contributed by atoms with van der Waals surface area (Å²) in [6, 6.07) is 0.697. The second kappa shape index (κ2) is 6.63. The van der Waals surface area contributed by atoms with E-state index in [4.69, 9.17) is 4.74 Å². The van der Waals surface area contributed by atoms with E-state index in [0.29, 0.717) is 6.04 Å². The number of carbonyl (C=O) groups is 1. The van der Waals surface area contributed by atoms with Gasteiger partial charge in [-0.2, -0.15) is 0 Å². The molecule has 0 radical (unpaired) electrons. The van der Waals surface area contributed by atoms with Gasteiger partial charge >= 0.3 is 0 Å². The number of ether oxygens (including phenoxy) is 1. The van der Waals surface area contributed by atoms with Crippen molar-refractivity contribution >= 4 is 5.91 Å². The van der Waals surface area contributed by atoms with Crippen LogP contribution in [0.4, 0.5) is 0 Å². The van der Waals surface area contributed by atoms with Crippen molar-refractivity contribution in [2.75, 3.05) is 46.4 Å². The van der Waals surface area contributed by atoms with Crippen molar-refractivity contribution in [3.63, 3.8) is 0 Å². The van der Waals surface area contributed by atoms with Crippen LogP contribution in [0.15, 0.2) is 0 Å². The molecule has 0 aromatic carbocycles. The van der Waals surface area contributed by atoms with E-state index < -0.39 is 5.60 Å². The first kappa shape index (κ1) is 15.3. The van der Waals surface area contributed by atoms with E-state index in [1.54, 1.807) is 7.11 Å². The number of likely N-dealkylation sites (tertiary alicyclic amines) is 2. The zero-order valence-corrected chi connectivity index (χ0v) is 13.3. The van der Waals surface area contributed by atoms with Crippen LogP contribution in [0.5, 0.6) is 0 Å². The number of amides is 1. The van der Waals surface area contributed by atoms with Gasteiger partial charge in [0.15, 0.2) is 0 Å². The zero-order valence-electron chi connectivity index (χ0n) is 13.3. The van der Waals surface area contributed by atoms with E-state index in [1.807, 2.05) is 0 Å². The summed E-state index contributed by atoms with van der Waals surface area (Å²) >= 11 is 0. The van der Waals surface area contributed by atoms with Gasteiger partial charge in [-0.3, -0.25) is 4.79 Å². The van der Waals surface area contributed by atoms with Crippen molar-refractivity contribution in [1.82, 2.24) is 15.1 Å². The van der Waals surface area contributed by atoms with Crippen LogP contribution in [0.1, 0.15) is 38.5 Å². The molecule has 3 aliphatic rings. The fourth-order valence-corrected chi connectivity index (χ4v) is 4.16. The van der Waals surface area contributed by atoms with E-state index in [2.05, 4.69) is 15.1 Å². The molecule has 0 bridgehead atoms. The van der Waals surface area contributed by atoms with Crippen LogP contribution in [0.25, 0.3) is 0 Å². The zero-order chi connectivity index (χ0) is 14.7. The van der Waals surface area contributed by atoms with Gasteiger partial charge in [0, 0.05) is 26.2 Å². The van der Waals surface area contributed by atoms with Gasteiger partial charge in [0.2, 0.25) is 0 Å². The summed E-state index contributed by atoms with van der Waals surface area (Å²) in [7, 11) is 1.69. The molecular formula is C16H29N3O2. The van der Waals surface area contributed by atoms with Gasteiger partial charge in [-0.15, -0.1) is 0 Å². The minimum absolute atomic E-state index is 0.228. The monoisotopic (exact) mass is 295 g/mol. The number of carbonyl (C=O) groups excluding carboxylic acids is 1. The highest BCUT2D eigenvalue weighted by Gasteiger charge is 2.43. The number of hydrogen-bond acceptors (Lipinski definition) is 4. The average molecular weight is 295 g/mol. The lowest BCUT2D eigenvalue weighted by molar-refractivity contribution is -0.159. The van der Waals surface area contributed by atoms with Crippen molar-refractivity contribution in [2.45, 2.75) is 50.2 Å². The molecule has 0 saturated carbocycles. The summed E-state index contributed by atoms with van der Waals surface area (Å²) in [6.07, 6.45) is 6.55. The van der Waals surface area contributed by atoms with Gasteiger partial charge in [0.05, 0.1) is 0 Å². The topological polar surface area (TPSA) is 44.8 Å². The van der Waals surface area contributed by atoms with Crippen LogP contribution in [0.2, 0.25) is 0 Å². The first-order chi connectivity index (χ1) is 10.2. The molecule has 0 aliphatic carbocycles. The second-order valence-corrected chi connectivity index (χ2v) is 6.71. The summed E-state index contributed by atoms with van der Waals surface area (Å²) in [6.45, 7) is 6.07. The SMILES string of the molecule is COC1(C(=O)N2CCC(N3CCCC3)CC2)CCNCC1. The van der Waals surface area contributed by atoms with Crippen molar-refractivity contribution in [3.05, 3.63) is 0 Å². The minimum atomic E-state index is -0.564. The highest BCUT2D eigenvalue weighted by Crippen LogP contribution is 2.28. The van der Waals surface area contributed by atoms with Crippen molar-refractivity contribution in [2.24, 2.45) is 0 Å². The molecule has 0 spiro atoms. The fourth-order valence-electron chi connectivity index (χ4n) is 4.16. The van der Waals surface area contributed by atoms with Gasteiger partial charge in [-0.05, 0) is 64.7 Å². The van der Waals surface area contributed by atoms with Crippen LogP contribution in [-0.4, -0.2) is 73.7 Å². The Morgan fingerprint density at radius 1 is 1.10 bits per heavy atom. The average Bonchev–Trinajstić information content (AvgIpc) is 3.09. The number of hydrogen-bond donors (Lipinski definition) is 1. The normalized spacial score (nSPS) is 28.0. The highest BCUT2D eigenvalue weighted by atomic mass is 16.5. The summed E-state index contributed by atoms with van der Waals surface area (Å²) in [4.78, 5) is 17.6. The Labute approximate surface area is 128 Å². The largest absolute Gasteiger partial charge is 0.368 e. The lowest BCUT2D eigenvalue weighted by atomic mass is 9.89. The lowest BCUT2D eigenvalue weighted by Crippen LogP contribution is -2.57. The first-order valence-electron chi connectivity index (χ1n) is 8.54. The number of methoxy groups -OCH3 is 1. The minimum Gasteiger partial charge on any atom is -0.368 e. The maximum absolute atomic E-state index is 12.9. The van der Waals surface area contributed by atoms with Gasteiger partial charge in [0.25, 0.3) is 5.91 Å². The Balaban J connectivity index is 1.56. The quantitative estimate of drug-likeness (QED) is 0.838. The summed E-state index contributed by atoms with van der Waals surface area (Å²) in [5.41, 5.74) is -0.564. The molecule has 0 unspecified atom stereocenters. The third-order valence-electron chi connectivity index (χ3n) is 5.60. The van der Waals surface area contributed by atoms with E-state index >= 15 is 0 Å². The second-order valence-electron chi connectivity index (χ2n) is 6.71. The molecule has 1 amide bonds. The number of rotatable bonds is 3. The van der Waals surface area contributed by atoms with Gasteiger partial charge in [0.1, 0.15) is 5.60 Å². The first-order valence-corrected chi connectivity index (χ1v) is 8.54. The summed E-state index contributed by atoms with van der Waals surface area (Å²) < 4.78 is 5.68. The van der Waals surface area contributed by atoms with Gasteiger partial charge in [-0.1, -0.05) is 0 Å². The maximum Gasteiger partial charge on any atom is 0.254 e. The molecule has 0 atom stereocenters. The smallest absolute Gasteiger partial charge is 0.254 e. The Morgan fingerprint density at radius 3 is 2.29 bits per heavy atom. The predicted octanol–water partition coefficient (Wildman–Crippen LogP) is 0.842. The third kappa shape index (κ3) is 3.10. The molecule has 0 aromatic rings. The lowest BCUT2D eigenvalue weighted by Gasteiger charge is -2.42. The van der Waals surface area contributed by atoms with E-state index in [-0.39, 0.29) is 5.91 Å². The third-order valence-corrected chi connectivity index (χ3v) is 5.60. The Bertz CT molecular complexity index is 355. The Kier molecular flexibility index (Phi) is 4.82. The molecule has 120 valence electrons. The van der Waals surface area contributed by atoms with Crippen LogP contribution < -0.4 is 5.32 Å². The highest BCUT2D eigenvalue weighted by molar-refractivity contribution is 5.85. The van der Waals surface area contributed by atoms with Crippen molar-refractivity contribution in [1.29, 1.82) is 0 Å². The van der Waals surface area contributed by atoms with Crippen LogP contribution in [-0.2, 0) is 9.53 Å². The molecule has 5 heteroatoms. The summed E-state index contributed by atoms with van der Waals surface area (Å²) in [5, 5.41) is 3.32. The van der Waals surface area contributed by atoms with E-state index in [9.17, 15) is 4.79 Å². The van der Waals surface area contributed by atoms with E-state index in [1.165, 1.54) is 25.9 Å². The van der Waals surface area contributed by atoms with Crippen molar-refractivity contribution < 1.29 is 9.53 Å². The molecule has 21 heavy (non-hydrogen) atoms. The molecule has 3 rings (SSSR count). The fraction of sp³-hybridized carbons (Fsp3) is 0.938. The Morgan fingerprint density at radius 2 is 1.71 bits per heavy atom. The predicted molar refractivity (Wildman–Crippen MR) is 82.3 cm³/mol. The molecule has 1 N–H and O–H groups in total. The molecule has 5 nitrogen and oxygen atoms in total. The maximum atomic E-state index is 12.9. The number of piperidine rings is 2. The molecule has 0 aromatic heterocycles. The Hall–Kier alpha value is -0.650. The molecular weight excluding hydrogens is 266 g/mol. The standard InChI is InChI=1S/C16H29N3O2/c1-21-16(6-8-17-9-7-16)15(20)19-12-4-14(5-13-19)18-10-2-3-11-18/h14,17H,2-13H2,1H3. The summed E-state index contributed by atoms with van der Waals surface area (Å²) in [5.74, 6) is 0.228. The van der Waals surface area contributed by atoms with Crippen LogP contribution >= 0.6 is 0 Å².